The SMILES string of the molecule is CNc1c(F)cccc1C(=O)NC(C)(C)CC(N)=O. The fourth-order valence-corrected chi connectivity index (χ4v) is 1.82. The first kappa shape index (κ1) is 14.9. The second-order valence-electron chi connectivity index (χ2n) is 4.89. The van der Waals surface area contributed by atoms with Crippen molar-refractivity contribution in [2.75, 3.05) is 12.4 Å². The van der Waals surface area contributed by atoms with Crippen LogP contribution in [0, 0.1) is 5.82 Å². The van der Waals surface area contributed by atoms with Crippen molar-refractivity contribution in [3.63, 3.8) is 0 Å². The van der Waals surface area contributed by atoms with Crippen molar-refractivity contribution in [3.05, 3.63) is 29.6 Å². The Morgan fingerprint density at radius 1 is 1.37 bits per heavy atom. The first-order chi connectivity index (χ1) is 8.76. The smallest absolute Gasteiger partial charge is 0.253 e. The van der Waals surface area contributed by atoms with Gasteiger partial charge < -0.3 is 16.4 Å². The molecule has 0 aromatic heterocycles. The molecule has 0 fully saturated rings. The molecular weight excluding hydrogens is 249 g/mol. The van der Waals surface area contributed by atoms with Crippen molar-refractivity contribution >= 4 is 17.5 Å². The number of nitrogens with two attached hydrogens (primary N) is 1. The zero-order chi connectivity index (χ0) is 14.6. The van der Waals surface area contributed by atoms with Gasteiger partial charge in [0.1, 0.15) is 5.82 Å². The second kappa shape index (κ2) is 5.69. The highest BCUT2D eigenvalue weighted by Crippen LogP contribution is 2.20. The molecule has 0 aliphatic heterocycles. The summed E-state index contributed by atoms with van der Waals surface area (Å²) in [5, 5.41) is 5.30. The van der Waals surface area contributed by atoms with Crippen LogP contribution in [0.4, 0.5) is 10.1 Å². The molecule has 0 aliphatic carbocycles. The monoisotopic (exact) mass is 267 g/mol. The number of benzene rings is 1. The highest BCUT2D eigenvalue weighted by molar-refractivity contribution is 6.00. The van der Waals surface area contributed by atoms with E-state index in [9.17, 15) is 14.0 Å². The standard InChI is InChI=1S/C13H18FN3O2/c1-13(2,7-10(15)18)17-12(19)8-5-4-6-9(14)11(8)16-3/h4-6,16H,7H2,1-3H3,(H2,15,18)(H,17,19). The number of rotatable bonds is 5. The summed E-state index contributed by atoms with van der Waals surface area (Å²) < 4.78 is 13.5. The van der Waals surface area contributed by atoms with E-state index in [1.54, 1.807) is 13.8 Å². The van der Waals surface area contributed by atoms with Crippen molar-refractivity contribution in [1.29, 1.82) is 0 Å². The molecule has 0 saturated heterocycles. The first-order valence-electron chi connectivity index (χ1n) is 5.84. The highest BCUT2D eigenvalue weighted by Gasteiger charge is 2.25. The fraction of sp³-hybridized carbons (Fsp3) is 0.385. The lowest BCUT2D eigenvalue weighted by molar-refractivity contribution is -0.119. The third-order valence-electron chi connectivity index (χ3n) is 2.58. The largest absolute Gasteiger partial charge is 0.385 e. The molecule has 2 amide bonds. The Hall–Kier alpha value is -2.11. The highest BCUT2D eigenvalue weighted by atomic mass is 19.1. The molecule has 1 rings (SSSR count). The van der Waals surface area contributed by atoms with Gasteiger partial charge in [-0.3, -0.25) is 9.59 Å². The molecule has 104 valence electrons. The lowest BCUT2D eigenvalue weighted by Crippen LogP contribution is -2.46. The second-order valence-corrected chi connectivity index (χ2v) is 4.89. The maximum Gasteiger partial charge on any atom is 0.253 e. The maximum atomic E-state index is 13.5. The molecule has 0 spiro atoms. The number of anilines is 1. The van der Waals surface area contributed by atoms with Gasteiger partial charge in [-0.25, -0.2) is 4.39 Å². The molecule has 0 unspecified atom stereocenters. The normalized spacial score (nSPS) is 10.9. The van der Waals surface area contributed by atoms with Crippen LogP contribution in [-0.2, 0) is 4.79 Å². The summed E-state index contributed by atoms with van der Waals surface area (Å²) in [4.78, 5) is 23.0. The van der Waals surface area contributed by atoms with Gasteiger partial charge in [0.15, 0.2) is 0 Å². The van der Waals surface area contributed by atoms with E-state index >= 15 is 0 Å². The average Bonchev–Trinajstić information content (AvgIpc) is 2.25. The lowest BCUT2D eigenvalue weighted by atomic mass is 9.99. The molecule has 0 bridgehead atoms. The van der Waals surface area contributed by atoms with Gasteiger partial charge in [-0.05, 0) is 26.0 Å². The van der Waals surface area contributed by atoms with E-state index in [2.05, 4.69) is 10.6 Å². The summed E-state index contributed by atoms with van der Waals surface area (Å²) in [5.74, 6) is -1.49. The number of hydrogen-bond donors (Lipinski definition) is 3. The van der Waals surface area contributed by atoms with Crippen LogP contribution in [0.5, 0.6) is 0 Å². The van der Waals surface area contributed by atoms with Gasteiger partial charge in [0.25, 0.3) is 5.91 Å². The third kappa shape index (κ3) is 3.94. The predicted octanol–water partition coefficient (Wildman–Crippen LogP) is 1.25. The Labute approximate surface area is 111 Å². The summed E-state index contributed by atoms with van der Waals surface area (Å²) in [7, 11) is 1.53. The van der Waals surface area contributed by atoms with Gasteiger partial charge in [-0.2, -0.15) is 0 Å². The molecule has 0 atom stereocenters. The number of carbonyl (C=O) groups is 2. The van der Waals surface area contributed by atoms with Crippen molar-refractivity contribution in [2.24, 2.45) is 5.73 Å². The van der Waals surface area contributed by atoms with Crippen LogP contribution in [0.2, 0.25) is 0 Å². The molecule has 19 heavy (non-hydrogen) atoms. The number of nitrogens with one attached hydrogen (secondary N) is 2. The summed E-state index contributed by atoms with van der Waals surface area (Å²) >= 11 is 0. The number of hydrogen-bond acceptors (Lipinski definition) is 3. The lowest BCUT2D eigenvalue weighted by Gasteiger charge is -2.25. The molecule has 5 nitrogen and oxygen atoms in total. The average molecular weight is 267 g/mol. The Morgan fingerprint density at radius 2 is 2.00 bits per heavy atom. The minimum absolute atomic E-state index is 0.00292. The fourth-order valence-electron chi connectivity index (χ4n) is 1.82. The summed E-state index contributed by atoms with van der Waals surface area (Å²) in [6.45, 7) is 3.35. The van der Waals surface area contributed by atoms with Crippen molar-refractivity contribution in [3.8, 4) is 0 Å². The summed E-state index contributed by atoms with van der Waals surface area (Å²) in [6, 6.07) is 4.22. The van der Waals surface area contributed by atoms with Crippen LogP contribution in [0.1, 0.15) is 30.6 Å². The van der Waals surface area contributed by atoms with Crippen LogP contribution in [-0.4, -0.2) is 24.4 Å². The summed E-state index contributed by atoms with van der Waals surface area (Å²) in [5.41, 5.74) is 4.62. The Bertz CT molecular complexity index is 501. The molecular formula is C13H18FN3O2. The zero-order valence-corrected chi connectivity index (χ0v) is 11.2. The van der Waals surface area contributed by atoms with E-state index in [-0.39, 0.29) is 17.7 Å². The molecule has 0 saturated carbocycles. The van der Waals surface area contributed by atoms with Crippen LogP contribution in [0.15, 0.2) is 18.2 Å². The molecule has 0 radical (unpaired) electrons. The number of carbonyl (C=O) groups excluding carboxylic acids is 2. The molecule has 0 aliphatic rings. The van der Waals surface area contributed by atoms with E-state index in [1.807, 2.05) is 0 Å². The third-order valence-corrected chi connectivity index (χ3v) is 2.58. The first-order valence-corrected chi connectivity index (χ1v) is 5.84. The number of halogens is 1. The van der Waals surface area contributed by atoms with E-state index in [0.29, 0.717) is 0 Å². The molecule has 0 heterocycles. The van der Waals surface area contributed by atoms with Gasteiger partial charge in [-0.1, -0.05) is 6.07 Å². The Morgan fingerprint density at radius 3 is 2.53 bits per heavy atom. The quantitative estimate of drug-likeness (QED) is 0.750. The Balaban J connectivity index is 2.96. The number of amides is 2. The van der Waals surface area contributed by atoms with Crippen LogP contribution >= 0.6 is 0 Å². The minimum Gasteiger partial charge on any atom is -0.385 e. The van der Waals surface area contributed by atoms with Crippen molar-refractivity contribution in [1.82, 2.24) is 5.32 Å². The topological polar surface area (TPSA) is 84.2 Å². The maximum absolute atomic E-state index is 13.5. The van der Waals surface area contributed by atoms with Crippen LogP contribution in [0.3, 0.4) is 0 Å². The minimum atomic E-state index is -0.791. The van der Waals surface area contributed by atoms with E-state index in [4.69, 9.17) is 5.73 Å². The predicted molar refractivity (Wildman–Crippen MR) is 71.3 cm³/mol. The summed E-state index contributed by atoms with van der Waals surface area (Å²) in [6.07, 6.45) is 0.00292. The van der Waals surface area contributed by atoms with Gasteiger partial charge in [0.05, 0.1) is 11.3 Å². The molecule has 1 aromatic carbocycles. The van der Waals surface area contributed by atoms with Gasteiger partial charge in [-0.15, -0.1) is 0 Å². The van der Waals surface area contributed by atoms with Crippen LogP contribution in [0.25, 0.3) is 0 Å². The molecule has 6 heteroatoms. The molecule has 1 aromatic rings. The van der Waals surface area contributed by atoms with Crippen molar-refractivity contribution in [2.45, 2.75) is 25.8 Å². The van der Waals surface area contributed by atoms with Gasteiger partial charge in [0.2, 0.25) is 5.91 Å². The van der Waals surface area contributed by atoms with Gasteiger partial charge in [0, 0.05) is 19.0 Å². The van der Waals surface area contributed by atoms with Crippen molar-refractivity contribution < 1.29 is 14.0 Å². The van der Waals surface area contributed by atoms with E-state index in [1.165, 1.54) is 25.2 Å². The zero-order valence-electron chi connectivity index (χ0n) is 11.2. The Kier molecular flexibility index (Phi) is 4.47. The van der Waals surface area contributed by atoms with Crippen LogP contribution < -0.4 is 16.4 Å². The number of primary amides is 1. The number of para-hydroxylation sites is 1. The molecule has 4 N–H and O–H groups in total. The van der Waals surface area contributed by atoms with E-state index < -0.39 is 23.2 Å². The van der Waals surface area contributed by atoms with Gasteiger partial charge >= 0.3 is 0 Å². The van der Waals surface area contributed by atoms with E-state index in [0.717, 1.165) is 0 Å².